The first-order valence-corrected chi connectivity index (χ1v) is 16.8. The second-order valence-electron chi connectivity index (χ2n) is 15.7. The summed E-state index contributed by atoms with van der Waals surface area (Å²) in [4.78, 5) is 69.6. The number of ketones is 5. The Morgan fingerprint density at radius 3 is 2.15 bits per heavy atom. The second kappa shape index (κ2) is 11.6. The third-order valence-electron chi connectivity index (χ3n) is 12.3. The molecule has 47 heavy (non-hydrogen) atoms. The summed E-state index contributed by atoms with van der Waals surface area (Å²) >= 11 is 0. The number of phenolic OH excluding ortho intramolecular Hbond substituents is 1. The number of rotatable bonds is 8. The van der Waals surface area contributed by atoms with E-state index in [-0.39, 0.29) is 11.3 Å². The van der Waals surface area contributed by atoms with Crippen LogP contribution >= 0.6 is 0 Å². The van der Waals surface area contributed by atoms with E-state index >= 15 is 0 Å². The molecule has 3 aliphatic rings. The number of aliphatic hydroxyl groups is 2. The van der Waals surface area contributed by atoms with Crippen molar-refractivity contribution in [2.75, 3.05) is 0 Å². The van der Waals surface area contributed by atoms with Gasteiger partial charge in [0.2, 0.25) is 0 Å². The maximum Gasteiger partial charge on any atom is 0.191 e. The number of hydrogen-bond donors (Lipinski definition) is 3. The maximum atomic E-state index is 14.7. The van der Waals surface area contributed by atoms with Crippen LogP contribution in [-0.2, 0) is 31.0 Å². The van der Waals surface area contributed by atoms with Gasteiger partial charge in [-0.25, -0.2) is 0 Å². The van der Waals surface area contributed by atoms with Crippen LogP contribution in [0.2, 0.25) is 0 Å². The Labute approximate surface area is 277 Å². The minimum absolute atomic E-state index is 0.0505. The van der Waals surface area contributed by atoms with Crippen molar-refractivity contribution >= 4 is 28.9 Å². The molecular weight excluding hydrogens is 596 g/mol. The molecule has 0 bridgehead atoms. The number of phenols is 1. The van der Waals surface area contributed by atoms with E-state index in [0.717, 1.165) is 32.6 Å². The first-order valence-electron chi connectivity index (χ1n) is 16.8. The van der Waals surface area contributed by atoms with Gasteiger partial charge in [0.1, 0.15) is 17.5 Å². The fourth-order valence-electron chi connectivity index (χ4n) is 9.58. The zero-order valence-electron chi connectivity index (χ0n) is 28.7. The number of aromatic hydroxyl groups is 1. The molecule has 0 aromatic heterocycles. The number of unbranched alkanes of at least 4 members (excludes halogenated alkanes) is 1. The standard InChI is InChI=1S/C39H48O8/c1-20(2)28-31(42)26(22(4)40)33(44)39(47)34(45)29-32(43)27-24(21(3)37(29,7)35(46)38(28,39)8)17-18-25(30(27)41)36(5,6)19-13-12-16-23-14-10-9-11-15-23/h9-11,14-15,17-18,20-21,26,28-29,35,41,46-47H,12-13,16,19H2,1-8H3/t21-,26?,28?,29?,35-,37+,38+,39+/m1/s1. The summed E-state index contributed by atoms with van der Waals surface area (Å²) in [5, 5.41) is 36.4. The van der Waals surface area contributed by atoms with E-state index in [2.05, 4.69) is 12.1 Å². The average molecular weight is 645 g/mol. The summed E-state index contributed by atoms with van der Waals surface area (Å²) in [5.41, 5.74) is -4.88. The Morgan fingerprint density at radius 1 is 0.957 bits per heavy atom. The van der Waals surface area contributed by atoms with Crippen molar-refractivity contribution in [1.82, 2.24) is 0 Å². The van der Waals surface area contributed by atoms with Gasteiger partial charge in [-0.1, -0.05) is 97.4 Å². The van der Waals surface area contributed by atoms with Gasteiger partial charge >= 0.3 is 0 Å². The van der Waals surface area contributed by atoms with Gasteiger partial charge in [0.05, 0.1) is 17.6 Å². The van der Waals surface area contributed by atoms with E-state index in [1.807, 2.05) is 32.0 Å². The number of carbonyl (C=O) groups excluding carboxylic acids is 5. The van der Waals surface area contributed by atoms with Gasteiger partial charge in [-0.05, 0) is 54.6 Å². The van der Waals surface area contributed by atoms with Crippen molar-refractivity contribution in [3.05, 3.63) is 64.7 Å². The Hall–Kier alpha value is -3.49. The molecule has 8 atom stereocenters. The minimum atomic E-state index is -2.98. The van der Waals surface area contributed by atoms with Gasteiger partial charge in [0.25, 0.3) is 0 Å². The summed E-state index contributed by atoms with van der Waals surface area (Å²) in [6.07, 6.45) is 1.77. The molecule has 8 nitrogen and oxygen atoms in total. The third-order valence-corrected chi connectivity index (χ3v) is 12.3. The highest BCUT2D eigenvalue weighted by molar-refractivity contribution is 6.33. The first kappa shape index (κ1) is 34.8. The van der Waals surface area contributed by atoms with Crippen LogP contribution in [-0.4, -0.2) is 55.9 Å². The molecule has 8 heteroatoms. The number of Topliss-reactive ketones (excluding diaryl/α,β-unsaturated/α-hetero) is 5. The molecule has 0 spiro atoms. The summed E-state index contributed by atoms with van der Waals surface area (Å²) < 4.78 is 0. The molecular formula is C39H48O8. The van der Waals surface area contributed by atoms with Crippen molar-refractivity contribution in [1.29, 1.82) is 0 Å². The number of benzene rings is 2. The van der Waals surface area contributed by atoms with Gasteiger partial charge in [0.15, 0.2) is 28.7 Å². The van der Waals surface area contributed by atoms with Gasteiger partial charge in [-0.3, -0.25) is 24.0 Å². The van der Waals surface area contributed by atoms with Crippen LogP contribution in [0.3, 0.4) is 0 Å². The smallest absolute Gasteiger partial charge is 0.191 e. The lowest BCUT2D eigenvalue weighted by molar-refractivity contribution is -0.240. The lowest BCUT2D eigenvalue weighted by Crippen LogP contribution is -2.81. The van der Waals surface area contributed by atoms with E-state index in [4.69, 9.17) is 0 Å². The molecule has 0 radical (unpaired) electrons. The fraction of sp³-hybridized carbons (Fsp3) is 0.564. The van der Waals surface area contributed by atoms with Gasteiger partial charge in [0, 0.05) is 22.3 Å². The summed E-state index contributed by atoms with van der Waals surface area (Å²) in [6.45, 7) is 13.1. The fourth-order valence-corrected chi connectivity index (χ4v) is 9.58. The van der Waals surface area contributed by atoms with E-state index in [0.29, 0.717) is 11.1 Å². The van der Waals surface area contributed by atoms with Crippen LogP contribution < -0.4 is 0 Å². The van der Waals surface area contributed by atoms with Gasteiger partial charge in [-0.2, -0.15) is 0 Å². The zero-order chi connectivity index (χ0) is 35.0. The van der Waals surface area contributed by atoms with Crippen molar-refractivity contribution < 1.29 is 39.3 Å². The van der Waals surface area contributed by atoms with Crippen LogP contribution in [0.25, 0.3) is 0 Å². The Balaban J connectivity index is 1.58. The Bertz CT molecular complexity index is 1660. The SMILES string of the molecule is CC(=O)C1C(=O)C(C(C)C)[C@@]2(C)[C@H](O)[C@]3(C)C(C(=O)c4c(ccc(C(C)(C)CCCCc5ccccc5)c4O)[C@H]3C)C(=O)[C@@]2(O)C1=O. The molecule has 0 amide bonds. The number of hydrogen-bond acceptors (Lipinski definition) is 8. The van der Waals surface area contributed by atoms with Crippen molar-refractivity contribution in [3.63, 3.8) is 0 Å². The van der Waals surface area contributed by atoms with Gasteiger partial charge < -0.3 is 15.3 Å². The molecule has 0 heterocycles. The highest BCUT2D eigenvalue weighted by Crippen LogP contribution is 2.66. The number of aryl methyl sites for hydroxylation is 1. The lowest BCUT2D eigenvalue weighted by atomic mass is 9.37. The predicted octanol–water partition coefficient (Wildman–Crippen LogP) is 5.32. The number of aliphatic hydroxyl groups excluding tert-OH is 1. The van der Waals surface area contributed by atoms with Gasteiger partial charge in [-0.15, -0.1) is 0 Å². The van der Waals surface area contributed by atoms with Crippen molar-refractivity contribution in [3.8, 4) is 5.75 Å². The van der Waals surface area contributed by atoms with Crippen LogP contribution in [0.1, 0.15) is 108 Å². The summed E-state index contributed by atoms with van der Waals surface area (Å²) in [7, 11) is 0. The molecule has 2 saturated carbocycles. The zero-order valence-corrected chi connectivity index (χ0v) is 28.7. The van der Waals surface area contributed by atoms with E-state index in [9.17, 15) is 39.3 Å². The van der Waals surface area contributed by atoms with E-state index in [1.165, 1.54) is 12.5 Å². The van der Waals surface area contributed by atoms with Crippen molar-refractivity contribution in [2.24, 2.45) is 34.5 Å². The highest BCUT2D eigenvalue weighted by atomic mass is 16.3. The van der Waals surface area contributed by atoms with Crippen LogP contribution in [0, 0.1) is 34.5 Å². The van der Waals surface area contributed by atoms with Crippen LogP contribution in [0.15, 0.2) is 42.5 Å². The lowest BCUT2D eigenvalue weighted by Gasteiger charge is -2.65. The molecule has 2 aromatic carbocycles. The summed E-state index contributed by atoms with van der Waals surface area (Å²) in [5.74, 6) is -11.1. The topological polar surface area (TPSA) is 146 Å². The molecule has 0 aliphatic heterocycles. The molecule has 0 saturated heterocycles. The molecule has 2 fully saturated rings. The first-order chi connectivity index (χ1) is 21.8. The minimum Gasteiger partial charge on any atom is -0.507 e. The summed E-state index contributed by atoms with van der Waals surface area (Å²) in [6, 6.07) is 13.7. The molecule has 2 aromatic rings. The molecule has 3 N–H and O–H groups in total. The largest absolute Gasteiger partial charge is 0.507 e. The number of carbonyl (C=O) groups is 5. The molecule has 252 valence electrons. The normalized spacial score (nSPS) is 33.8. The van der Waals surface area contributed by atoms with Crippen molar-refractivity contribution in [2.45, 2.75) is 104 Å². The molecule has 5 rings (SSSR count). The molecule has 3 aliphatic carbocycles. The molecule has 3 unspecified atom stereocenters. The maximum absolute atomic E-state index is 14.7. The monoisotopic (exact) mass is 644 g/mol. The van der Waals surface area contributed by atoms with Crippen LogP contribution in [0.5, 0.6) is 5.75 Å². The highest BCUT2D eigenvalue weighted by Gasteiger charge is 2.80. The third kappa shape index (κ3) is 4.65. The second-order valence-corrected chi connectivity index (χ2v) is 15.7. The predicted molar refractivity (Wildman–Crippen MR) is 176 cm³/mol. The van der Waals surface area contributed by atoms with E-state index in [1.54, 1.807) is 39.8 Å². The quantitative estimate of drug-likeness (QED) is 0.259. The Morgan fingerprint density at radius 2 is 1.57 bits per heavy atom. The van der Waals surface area contributed by atoms with E-state index < -0.39 is 86.5 Å². The number of fused-ring (bicyclic) bond motifs is 3. The Kier molecular flexibility index (Phi) is 8.59. The average Bonchev–Trinajstić information content (AvgIpc) is 2.99. The van der Waals surface area contributed by atoms with Crippen LogP contribution in [0.4, 0.5) is 0 Å².